The van der Waals surface area contributed by atoms with Gasteiger partial charge in [0.1, 0.15) is 0 Å². The van der Waals surface area contributed by atoms with Gasteiger partial charge in [0, 0.05) is 13.7 Å². The average Bonchev–Trinajstić information content (AvgIpc) is 2.43. The molecule has 0 spiro atoms. The van der Waals surface area contributed by atoms with Gasteiger partial charge in [0.15, 0.2) is 0 Å². The third kappa shape index (κ3) is 4.61. The number of hydrogen-bond acceptors (Lipinski definition) is 4. The fourth-order valence-corrected chi connectivity index (χ4v) is 1.49. The lowest BCUT2D eigenvalue weighted by Crippen LogP contribution is -2.40. The molecule has 0 atom stereocenters. The maximum atomic E-state index is 12.7. The summed E-state index contributed by atoms with van der Waals surface area (Å²) in [5.74, 6) is 4.55. The second-order valence-corrected chi connectivity index (χ2v) is 5.05. The Kier molecular flexibility index (Phi) is 5.19. The van der Waals surface area contributed by atoms with Gasteiger partial charge >= 0.3 is 6.18 Å². The van der Waals surface area contributed by atoms with Crippen LogP contribution in [0.25, 0.3) is 0 Å². The largest absolute Gasteiger partial charge is 0.416 e. The molecule has 0 aliphatic heterocycles. The van der Waals surface area contributed by atoms with Gasteiger partial charge in [-0.1, -0.05) is 0 Å². The summed E-state index contributed by atoms with van der Waals surface area (Å²) in [6.45, 7) is 3.62. The first-order valence-electron chi connectivity index (χ1n) is 6.12. The number of carbonyl (C=O) groups excluding carboxylic acids is 1. The Morgan fingerprint density at radius 1 is 1.33 bits per heavy atom. The predicted octanol–water partition coefficient (Wildman–Crippen LogP) is 2.15. The number of benzene rings is 1. The second kappa shape index (κ2) is 6.31. The first kappa shape index (κ1) is 17.3. The van der Waals surface area contributed by atoms with Gasteiger partial charge < -0.3 is 15.5 Å². The average molecular weight is 305 g/mol. The van der Waals surface area contributed by atoms with Crippen LogP contribution in [0.2, 0.25) is 0 Å². The van der Waals surface area contributed by atoms with Crippen LogP contribution in [0.3, 0.4) is 0 Å². The van der Waals surface area contributed by atoms with Crippen LogP contribution >= 0.6 is 0 Å². The Bertz CT molecular complexity index is 516. The molecular formula is C13H18F3N3O2. The van der Waals surface area contributed by atoms with E-state index in [1.807, 2.05) is 0 Å². The lowest BCUT2D eigenvalue weighted by atomic mass is 10.1. The molecule has 0 aliphatic rings. The van der Waals surface area contributed by atoms with Crippen molar-refractivity contribution in [2.45, 2.75) is 25.6 Å². The minimum Gasteiger partial charge on any atom is -0.377 e. The van der Waals surface area contributed by atoms with E-state index in [-0.39, 0.29) is 17.8 Å². The molecule has 1 aromatic carbocycles. The van der Waals surface area contributed by atoms with E-state index >= 15 is 0 Å². The first-order chi connectivity index (χ1) is 9.60. The van der Waals surface area contributed by atoms with Crippen molar-refractivity contribution in [2.75, 3.05) is 19.1 Å². The second-order valence-electron chi connectivity index (χ2n) is 5.05. The SMILES string of the molecule is COC(C)(C)CNC(=O)c1cc(C(F)(F)F)ccc1NN. The molecule has 118 valence electrons. The number of carbonyl (C=O) groups is 1. The fraction of sp³-hybridized carbons (Fsp3) is 0.462. The number of halogens is 3. The number of alkyl halides is 3. The molecule has 0 bridgehead atoms. The Balaban J connectivity index is 3.01. The normalized spacial score (nSPS) is 12.1. The smallest absolute Gasteiger partial charge is 0.377 e. The zero-order valence-electron chi connectivity index (χ0n) is 12.0. The monoisotopic (exact) mass is 305 g/mol. The quantitative estimate of drug-likeness (QED) is 0.575. The molecule has 1 aromatic rings. The number of nitrogens with two attached hydrogens (primary N) is 1. The fourth-order valence-electron chi connectivity index (χ4n) is 1.49. The summed E-state index contributed by atoms with van der Waals surface area (Å²) in [6, 6.07) is 2.72. The molecule has 0 saturated carbocycles. The van der Waals surface area contributed by atoms with E-state index in [2.05, 4.69) is 10.7 Å². The van der Waals surface area contributed by atoms with Crippen LogP contribution in [0.5, 0.6) is 0 Å². The van der Waals surface area contributed by atoms with Crippen molar-refractivity contribution < 1.29 is 22.7 Å². The standard InChI is InChI=1S/C13H18F3N3O2/c1-12(2,21-3)7-18-11(20)9-6-8(13(14,15)16)4-5-10(9)19-17/h4-6,19H,7,17H2,1-3H3,(H,18,20). The maximum absolute atomic E-state index is 12.7. The van der Waals surface area contributed by atoms with Gasteiger partial charge in [-0.25, -0.2) is 0 Å². The van der Waals surface area contributed by atoms with Crippen molar-refractivity contribution in [1.82, 2.24) is 5.32 Å². The Morgan fingerprint density at radius 3 is 2.43 bits per heavy atom. The van der Waals surface area contributed by atoms with E-state index in [1.165, 1.54) is 7.11 Å². The van der Waals surface area contributed by atoms with Crippen LogP contribution in [0.4, 0.5) is 18.9 Å². The number of methoxy groups -OCH3 is 1. The van der Waals surface area contributed by atoms with Gasteiger partial charge in [0.05, 0.1) is 22.4 Å². The molecule has 0 fully saturated rings. The molecule has 0 radical (unpaired) electrons. The third-order valence-electron chi connectivity index (χ3n) is 2.97. The Morgan fingerprint density at radius 2 is 1.95 bits per heavy atom. The minimum absolute atomic E-state index is 0.107. The van der Waals surface area contributed by atoms with Gasteiger partial charge in [-0.05, 0) is 32.0 Å². The lowest BCUT2D eigenvalue weighted by Gasteiger charge is -2.23. The molecule has 0 aliphatic carbocycles. The van der Waals surface area contributed by atoms with Crippen LogP contribution in [0.15, 0.2) is 18.2 Å². The molecule has 0 aromatic heterocycles. The van der Waals surface area contributed by atoms with Crippen LogP contribution in [0, 0.1) is 0 Å². The number of amides is 1. The molecule has 1 rings (SSSR count). The number of anilines is 1. The number of hydrazine groups is 1. The molecule has 0 saturated heterocycles. The minimum atomic E-state index is -4.53. The molecule has 0 unspecified atom stereocenters. The zero-order valence-corrected chi connectivity index (χ0v) is 12.0. The molecule has 5 nitrogen and oxygen atoms in total. The Hall–Kier alpha value is -1.80. The highest BCUT2D eigenvalue weighted by Gasteiger charge is 2.32. The lowest BCUT2D eigenvalue weighted by molar-refractivity contribution is -0.137. The number of nitrogen functional groups attached to an aromatic ring is 1. The molecule has 0 heterocycles. The summed E-state index contributed by atoms with van der Waals surface area (Å²) >= 11 is 0. The first-order valence-corrected chi connectivity index (χ1v) is 6.12. The number of hydrogen-bond donors (Lipinski definition) is 3. The molecule has 1 amide bonds. The third-order valence-corrected chi connectivity index (χ3v) is 2.97. The van der Waals surface area contributed by atoms with E-state index < -0.39 is 23.2 Å². The highest BCUT2D eigenvalue weighted by atomic mass is 19.4. The predicted molar refractivity (Wildman–Crippen MR) is 72.7 cm³/mol. The van der Waals surface area contributed by atoms with Gasteiger partial charge in [0.25, 0.3) is 5.91 Å². The van der Waals surface area contributed by atoms with Gasteiger partial charge in [-0.15, -0.1) is 0 Å². The van der Waals surface area contributed by atoms with Gasteiger partial charge in [-0.2, -0.15) is 13.2 Å². The zero-order chi connectivity index (χ0) is 16.3. The number of ether oxygens (including phenoxy) is 1. The van der Waals surface area contributed by atoms with E-state index in [1.54, 1.807) is 13.8 Å². The topological polar surface area (TPSA) is 76.4 Å². The number of nitrogens with one attached hydrogen (secondary N) is 2. The summed E-state index contributed by atoms with van der Waals surface area (Å²) in [5.41, 5.74) is 0.583. The van der Waals surface area contributed by atoms with Crippen LogP contribution < -0.4 is 16.6 Å². The van der Waals surface area contributed by atoms with Gasteiger partial charge in [0.2, 0.25) is 0 Å². The van der Waals surface area contributed by atoms with E-state index in [4.69, 9.17) is 10.6 Å². The van der Waals surface area contributed by atoms with Crippen LogP contribution in [-0.4, -0.2) is 25.2 Å². The molecule has 21 heavy (non-hydrogen) atoms. The van der Waals surface area contributed by atoms with Crippen molar-refractivity contribution in [1.29, 1.82) is 0 Å². The van der Waals surface area contributed by atoms with E-state index in [0.717, 1.165) is 18.2 Å². The van der Waals surface area contributed by atoms with Crippen LogP contribution in [0.1, 0.15) is 29.8 Å². The highest BCUT2D eigenvalue weighted by Crippen LogP contribution is 2.31. The summed E-state index contributed by atoms with van der Waals surface area (Å²) < 4.78 is 43.2. The van der Waals surface area contributed by atoms with E-state index in [0.29, 0.717) is 0 Å². The van der Waals surface area contributed by atoms with Crippen molar-refractivity contribution in [2.24, 2.45) is 5.84 Å². The summed E-state index contributed by atoms with van der Waals surface area (Å²) in [5, 5.41) is 2.52. The molecule has 4 N–H and O–H groups in total. The Labute approximate surface area is 120 Å². The highest BCUT2D eigenvalue weighted by molar-refractivity contribution is 5.99. The summed E-state index contributed by atoms with van der Waals surface area (Å²) in [4.78, 5) is 12.0. The van der Waals surface area contributed by atoms with E-state index in [9.17, 15) is 18.0 Å². The van der Waals surface area contributed by atoms with Crippen LogP contribution in [-0.2, 0) is 10.9 Å². The van der Waals surface area contributed by atoms with Crippen molar-refractivity contribution in [3.05, 3.63) is 29.3 Å². The van der Waals surface area contributed by atoms with Crippen molar-refractivity contribution in [3.8, 4) is 0 Å². The summed E-state index contributed by atoms with van der Waals surface area (Å²) in [6.07, 6.45) is -4.53. The van der Waals surface area contributed by atoms with Crippen molar-refractivity contribution >= 4 is 11.6 Å². The maximum Gasteiger partial charge on any atom is 0.416 e. The molecule has 8 heteroatoms. The van der Waals surface area contributed by atoms with Crippen molar-refractivity contribution in [3.63, 3.8) is 0 Å². The molecular weight excluding hydrogens is 287 g/mol. The number of rotatable bonds is 5. The van der Waals surface area contributed by atoms with Gasteiger partial charge in [-0.3, -0.25) is 10.6 Å². The summed E-state index contributed by atoms with van der Waals surface area (Å²) in [7, 11) is 1.48.